The van der Waals surface area contributed by atoms with Crippen LogP contribution < -0.4 is 5.73 Å². The maximum absolute atomic E-state index is 13.0. The molecule has 2 rings (SSSR count). The molecule has 0 spiro atoms. The van der Waals surface area contributed by atoms with Crippen LogP contribution in [-0.2, 0) is 6.42 Å². The fourth-order valence-electron chi connectivity index (χ4n) is 1.59. The molecule has 1 nitrogen and oxygen atoms in total. The van der Waals surface area contributed by atoms with E-state index in [1.165, 1.54) is 0 Å². The predicted octanol–water partition coefficient (Wildman–Crippen LogP) is 1.88. The second-order valence-electron chi connectivity index (χ2n) is 3.11. The average Bonchev–Trinajstić information content (AvgIpc) is 2.24. The molecule has 0 saturated carbocycles. The third kappa shape index (κ3) is 0.932. The topological polar surface area (TPSA) is 26.0 Å². The molecule has 0 saturated heterocycles. The van der Waals surface area contributed by atoms with Crippen molar-refractivity contribution in [3.63, 3.8) is 0 Å². The second kappa shape index (κ2) is 2.26. The van der Waals surface area contributed by atoms with E-state index < -0.39 is 12.0 Å². The Bertz CT molecular complexity index is 309. The molecule has 0 bridgehead atoms. The molecule has 0 radical (unpaired) electrons. The molecule has 0 amide bonds. The minimum Gasteiger partial charge on any atom is -0.319 e. The minimum atomic E-state index is -2.76. The Morgan fingerprint density at radius 3 is 2.67 bits per heavy atom. The predicted molar refractivity (Wildman–Crippen MR) is 42.0 cm³/mol. The van der Waals surface area contributed by atoms with E-state index >= 15 is 0 Å². The maximum atomic E-state index is 13.0. The summed E-state index contributed by atoms with van der Waals surface area (Å²) in [6, 6.07) is 5.75. The van der Waals surface area contributed by atoms with Crippen molar-refractivity contribution in [1.82, 2.24) is 0 Å². The number of alkyl halides is 2. The molecule has 1 aromatic rings. The van der Waals surface area contributed by atoms with Gasteiger partial charge < -0.3 is 5.73 Å². The van der Waals surface area contributed by atoms with E-state index in [2.05, 4.69) is 0 Å². The molecule has 0 aromatic heterocycles. The van der Waals surface area contributed by atoms with Gasteiger partial charge in [0.25, 0.3) is 5.92 Å². The first-order chi connectivity index (χ1) is 5.61. The second-order valence-corrected chi connectivity index (χ2v) is 3.11. The third-order valence-electron chi connectivity index (χ3n) is 2.27. The summed E-state index contributed by atoms with van der Waals surface area (Å²) < 4.78 is 26.0. The molecule has 0 aliphatic heterocycles. The number of nitrogens with two attached hydrogens (primary N) is 1. The van der Waals surface area contributed by atoms with Gasteiger partial charge in [0.1, 0.15) is 0 Å². The standard InChI is InChI=1S/C9H9F2N/c10-9(11)5-6-3-1-2-4-7(6)8(9)12/h1-4,8H,5,12H2. The molecule has 3 heteroatoms. The zero-order chi connectivity index (χ0) is 8.77. The molecule has 12 heavy (non-hydrogen) atoms. The minimum absolute atomic E-state index is 0.218. The van der Waals surface area contributed by atoms with Crippen LogP contribution in [0, 0.1) is 0 Å². The first-order valence-corrected chi connectivity index (χ1v) is 3.82. The highest BCUT2D eigenvalue weighted by Crippen LogP contribution is 2.41. The van der Waals surface area contributed by atoms with Crippen molar-refractivity contribution in [1.29, 1.82) is 0 Å². The summed E-state index contributed by atoms with van der Waals surface area (Å²) in [4.78, 5) is 0. The van der Waals surface area contributed by atoms with Crippen LogP contribution in [0.15, 0.2) is 24.3 Å². The number of halogens is 2. The SMILES string of the molecule is NC1c2ccccc2CC1(F)F. The molecule has 64 valence electrons. The highest BCUT2D eigenvalue weighted by molar-refractivity contribution is 5.37. The van der Waals surface area contributed by atoms with Crippen LogP contribution in [0.5, 0.6) is 0 Å². The summed E-state index contributed by atoms with van der Waals surface area (Å²) in [7, 11) is 0. The molecule has 0 fully saturated rings. The van der Waals surface area contributed by atoms with Crippen molar-refractivity contribution >= 4 is 0 Å². The highest BCUT2D eigenvalue weighted by Gasteiger charge is 2.44. The van der Waals surface area contributed by atoms with Crippen molar-refractivity contribution in [2.75, 3.05) is 0 Å². The van der Waals surface area contributed by atoms with Crippen LogP contribution in [0.3, 0.4) is 0 Å². The first kappa shape index (κ1) is 7.68. The van der Waals surface area contributed by atoms with E-state index in [1.54, 1.807) is 24.3 Å². The van der Waals surface area contributed by atoms with Gasteiger partial charge in [0.15, 0.2) is 0 Å². The summed E-state index contributed by atoms with van der Waals surface area (Å²) in [6.45, 7) is 0. The quantitative estimate of drug-likeness (QED) is 0.630. The average molecular weight is 169 g/mol. The van der Waals surface area contributed by atoms with Crippen molar-refractivity contribution in [3.8, 4) is 0 Å². The number of rotatable bonds is 0. The van der Waals surface area contributed by atoms with Crippen molar-refractivity contribution in [3.05, 3.63) is 35.4 Å². The van der Waals surface area contributed by atoms with E-state index in [-0.39, 0.29) is 6.42 Å². The monoisotopic (exact) mass is 169 g/mol. The molecule has 1 aliphatic rings. The molecule has 2 N–H and O–H groups in total. The van der Waals surface area contributed by atoms with Crippen LogP contribution in [-0.4, -0.2) is 5.92 Å². The Labute approximate surface area is 69.2 Å². The van der Waals surface area contributed by atoms with Gasteiger partial charge in [-0.2, -0.15) is 0 Å². The van der Waals surface area contributed by atoms with Crippen molar-refractivity contribution < 1.29 is 8.78 Å². The molecule has 0 heterocycles. The van der Waals surface area contributed by atoms with Gasteiger partial charge in [-0.15, -0.1) is 0 Å². The zero-order valence-electron chi connectivity index (χ0n) is 6.43. The van der Waals surface area contributed by atoms with E-state index in [1.807, 2.05) is 0 Å². The molecule has 1 atom stereocenters. The van der Waals surface area contributed by atoms with Gasteiger partial charge in [-0.25, -0.2) is 8.78 Å². The summed E-state index contributed by atoms with van der Waals surface area (Å²) in [5.41, 5.74) is 6.64. The molecular formula is C9H9F2N. The fraction of sp³-hybridized carbons (Fsp3) is 0.333. The van der Waals surface area contributed by atoms with Crippen molar-refractivity contribution in [2.45, 2.75) is 18.4 Å². The van der Waals surface area contributed by atoms with Gasteiger partial charge in [0, 0.05) is 6.42 Å². The fourth-order valence-corrected chi connectivity index (χ4v) is 1.59. The summed E-state index contributed by atoms with van der Waals surface area (Å²) in [6.07, 6.45) is -0.218. The Hall–Kier alpha value is -0.960. The van der Waals surface area contributed by atoms with Crippen LogP contribution in [0.25, 0.3) is 0 Å². The molecule has 1 aromatic carbocycles. The van der Waals surface area contributed by atoms with E-state index in [9.17, 15) is 8.78 Å². The Morgan fingerprint density at radius 1 is 1.33 bits per heavy atom. The van der Waals surface area contributed by atoms with Crippen LogP contribution in [0.4, 0.5) is 8.78 Å². The van der Waals surface area contributed by atoms with Crippen LogP contribution in [0.2, 0.25) is 0 Å². The lowest BCUT2D eigenvalue weighted by Crippen LogP contribution is -2.28. The number of benzene rings is 1. The Kier molecular flexibility index (Phi) is 1.45. The number of fused-ring (bicyclic) bond motifs is 1. The van der Waals surface area contributed by atoms with Gasteiger partial charge in [0.2, 0.25) is 0 Å². The molecular weight excluding hydrogens is 160 g/mol. The van der Waals surface area contributed by atoms with Gasteiger partial charge >= 0.3 is 0 Å². The van der Waals surface area contributed by atoms with Gasteiger partial charge in [0.05, 0.1) is 6.04 Å². The zero-order valence-corrected chi connectivity index (χ0v) is 6.43. The van der Waals surface area contributed by atoms with Gasteiger partial charge in [-0.05, 0) is 11.1 Å². The van der Waals surface area contributed by atoms with Crippen LogP contribution >= 0.6 is 0 Å². The lowest BCUT2D eigenvalue weighted by atomic mass is 10.1. The first-order valence-electron chi connectivity index (χ1n) is 3.82. The van der Waals surface area contributed by atoms with Gasteiger partial charge in [-0.3, -0.25) is 0 Å². The lowest BCUT2D eigenvalue weighted by molar-refractivity contribution is -0.0135. The summed E-state index contributed by atoms with van der Waals surface area (Å²) in [5, 5.41) is 0. The number of hydrogen-bond donors (Lipinski definition) is 1. The van der Waals surface area contributed by atoms with Gasteiger partial charge in [-0.1, -0.05) is 24.3 Å². The van der Waals surface area contributed by atoms with E-state index in [0.717, 1.165) is 0 Å². The lowest BCUT2D eigenvalue weighted by Gasteiger charge is -2.13. The summed E-state index contributed by atoms with van der Waals surface area (Å²) >= 11 is 0. The Morgan fingerprint density at radius 2 is 2.00 bits per heavy atom. The largest absolute Gasteiger partial charge is 0.319 e. The van der Waals surface area contributed by atoms with E-state index in [0.29, 0.717) is 11.1 Å². The summed E-state index contributed by atoms with van der Waals surface area (Å²) in [5.74, 6) is -2.76. The Balaban J connectivity index is 2.49. The third-order valence-corrected chi connectivity index (χ3v) is 2.27. The molecule has 1 aliphatic carbocycles. The maximum Gasteiger partial charge on any atom is 0.270 e. The smallest absolute Gasteiger partial charge is 0.270 e. The van der Waals surface area contributed by atoms with E-state index in [4.69, 9.17) is 5.73 Å². The molecule has 1 unspecified atom stereocenters. The normalized spacial score (nSPS) is 25.4. The highest BCUT2D eigenvalue weighted by atomic mass is 19.3. The van der Waals surface area contributed by atoms with Crippen molar-refractivity contribution in [2.24, 2.45) is 5.73 Å². The number of hydrogen-bond acceptors (Lipinski definition) is 1. The van der Waals surface area contributed by atoms with Crippen LogP contribution in [0.1, 0.15) is 17.2 Å².